The van der Waals surface area contributed by atoms with Gasteiger partial charge in [-0.2, -0.15) is 0 Å². The van der Waals surface area contributed by atoms with Crippen LogP contribution in [0.4, 0.5) is 5.13 Å². The van der Waals surface area contributed by atoms with Crippen molar-refractivity contribution >= 4 is 39.8 Å². The number of nitrogens with one attached hydrogen (secondary N) is 1. The topological polar surface area (TPSA) is 105 Å². The molecule has 1 aliphatic carbocycles. The molecule has 172 valence electrons. The Morgan fingerprint density at radius 2 is 1.82 bits per heavy atom. The molecular weight excluding hydrogens is 459 g/mol. The van der Waals surface area contributed by atoms with Crippen molar-refractivity contribution in [3.8, 4) is 22.5 Å². The molecule has 0 spiro atoms. The summed E-state index contributed by atoms with van der Waals surface area (Å²) < 4.78 is 23.5. The number of furan rings is 1. The number of rotatable bonds is 6. The molecule has 3 N–H and O–H groups in total. The molecule has 0 bridgehead atoms. The molecule has 1 saturated carbocycles. The summed E-state index contributed by atoms with van der Waals surface area (Å²) in [4.78, 5) is 23.5. The van der Waals surface area contributed by atoms with Crippen LogP contribution in [0.25, 0.3) is 32.7 Å². The highest BCUT2D eigenvalue weighted by Gasteiger charge is 2.23. The molecule has 1 aliphatic rings. The van der Waals surface area contributed by atoms with Crippen molar-refractivity contribution in [3.63, 3.8) is 0 Å². The first kappa shape index (κ1) is 22.3. The van der Waals surface area contributed by atoms with E-state index >= 15 is 0 Å². The standard InChI is InChI=1S/C24H25N2O5PS/c1-30-18-10-8-17(9-11-18)25-24-26-20-7-3-6-19(23(20)33-24)15-4-2-5-16(14-15)21-12-13-22(31-21)32(27,28)29/h2-7,12-14,17-18H,8-11H2,1H3,(H,25,26)(H2,27,28,29). The van der Waals surface area contributed by atoms with Crippen molar-refractivity contribution < 1.29 is 23.5 Å². The minimum Gasteiger partial charge on any atom is -0.448 e. The first-order valence-electron chi connectivity index (χ1n) is 10.9. The quantitative estimate of drug-likeness (QED) is 0.315. The number of fused-ring (bicyclic) bond motifs is 1. The predicted molar refractivity (Wildman–Crippen MR) is 131 cm³/mol. The van der Waals surface area contributed by atoms with Crippen LogP contribution in [0, 0.1) is 0 Å². The molecule has 1 fully saturated rings. The number of methoxy groups -OCH3 is 1. The third kappa shape index (κ3) is 4.76. The normalized spacial score (nSPS) is 19.1. The molecule has 5 rings (SSSR count). The molecule has 0 saturated heterocycles. The van der Waals surface area contributed by atoms with E-state index in [9.17, 15) is 14.4 Å². The summed E-state index contributed by atoms with van der Waals surface area (Å²) in [5.41, 5.74) is 3.41. The number of nitrogens with zero attached hydrogens (tertiary/aromatic N) is 1. The van der Waals surface area contributed by atoms with Crippen molar-refractivity contribution in [2.75, 3.05) is 12.4 Å². The first-order chi connectivity index (χ1) is 15.9. The minimum atomic E-state index is -4.43. The van der Waals surface area contributed by atoms with Gasteiger partial charge in [-0.25, -0.2) is 4.98 Å². The Kier molecular flexibility index (Phi) is 6.12. The lowest BCUT2D eigenvalue weighted by atomic mass is 9.93. The predicted octanol–water partition coefficient (Wildman–Crippen LogP) is 5.40. The second-order valence-electron chi connectivity index (χ2n) is 8.29. The third-order valence-electron chi connectivity index (χ3n) is 6.09. The van der Waals surface area contributed by atoms with Gasteiger partial charge in [0, 0.05) is 24.3 Å². The van der Waals surface area contributed by atoms with Crippen LogP contribution in [-0.2, 0) is 9.30 Å². The van der Waals surface area contributed by atoms with Gasteiger partial charge in [-0.05, 0) is 55.5 Å². The van der Waals surface area contributed by atoms with Gasteiger partial charge in [0.1, 0.15) is 5.76 Å². The number of benzene rings is 2. The van der Waals surface area contributed by atoms with Crippen LogP contribution in [-0.4, -0.2) is 34.0 Å². The Hall–Kier alpha value is -2.48. The minimum absolute atomic E-state index is 0.331. The monoisotopic (exact) mass is 484 g/mol. The SMILES string of the molecule is COC1CCC(Nc2nc3cccc(-c4cccc(-c5ccc(P(=O)(O)O)o5)c4)c3s2)CC1. The second-order valence-corrected chi connectivity index (χ2v) is 10.8. The Morgan fingerprint density at radius 1 is 1.06 bits per heavy atom. The molecule has 0 atom stereocenters. The van der Waals surface area contributed by atoms with Gasteiger partial charge in [0.2, 0.25) is 5.50 Å². The molecule has 7 nitrogen and oxygen atoms in total. The van der Waals surface area contributed by atoms with Gasteiger partial charge in [0.05, 0.1) is 16.3 Å². The summed E-state index contributed by atoms with van der Waals surface area (Å²) in [5.74, 6) is 0.417. The third-order valence-corrected chi connectivity index (χ3v) is 7.94. The molecule has 2 heterocycles. The Bertz CT molecular complexity index is 1320. The summed E-state index contributed by atoms with van der Waals surface area (Å²) in [5, 5.41) is 4.53. The smallest absolute Gasteiger partial charge is 0.391 e. The lowest BCUT2D eigenvalue weighted by molar-refractivity contribution is 0.0682. The fourth-order valence-electron chi connectivity index (χ4n) is 4.33. The molecule has 0 radical (unpaired) electrons. The number of hydrogen-bond acceptors (Lipinski definition) is 6. The van der Waals surface area contributed by atoms with Gasteiger partial charge in [0.15, 0.2) is 5.13 Å². The van der Waals surface area contributed by atoms with Crippen LogP contribution in [0.1, 0.15) is 25.7 Å². The number of anilines is 1. The van der Waals surface area contributed by atoms with Gasteiger partial charge in [-0.3, -0.25) is 4.57 Å². The largest absolute Gasteiger partial charge is 0.448 e. The summed E-state index contributed by atoms with van der Waals surface area (Å²) in [6, 6.07) is 17.2. The number of hydrogen-bond donors (Lipinski definition) is 3. The van der Waals surface area contributed by atoms with Crippen LogP contribution >= 0.6 is 18.9 Å². The zero-order valence-electron chi connectivity index (χ0n) is 18.1. The fraction of sp³-hybridized carbons (Fsp3) is 0.292. The molecule has 2 aromatic carbocycles. The number of thiazole rings is 1. The number of aromatic nitrogens is 1. The summed E-state index contributed by atoms with van der Waals surface area (Å²) >= 11 is 1.65. The van der Waals surface area contributed by atoms with Crippen LogP contribution in [0.2, 0.25) is 0 Å². The lowest BCUT2D eigenvalue weighted by Gasteiger charge is -2.27. The first-order valence-corrected chi connectivity index (χ1v) is 13.3. The number of ether oxygens (including phenoxy) is 1. The summed E-state index contributed by atoms with van der Waals surface area (Å²) in [6.07, 6.45) is 4.64. The van der Waals surface area contributed by atoms with E-state index in [1.54, 1.807) is 24.5 Å². The molecule has 4 aromatic rings. The highest BCUT2D eigenvalue weighted by atomic mass is 32.1. The fourth-order valence-corrected chi connectivity index (χ4v) is 5.90. The van der Waals surface area contributed by atoms with Crippen molar-refractivity contribution in [1.82, 2.24) is 4.98 Å². The lowest BCUT2D eigenvalue weighted by Crippen LogP contribution is -2.29. The van der Waals surface area contributed by atoms with Crippen LogP contribution in [0.15, 0.2) is 59.0 Å². The van der Waals surface area contributed by atoms with Gasteiger partial charge < -0.3 is 24.3 Å². The second kappa shape index (κ2) is 9.05. The van der Waals surface area contributed by atoms with Crippen molar-refractivity contribution in [2.45, 2.75) is 37.8 Å². The van der Waals surface area contributed by atoms with Crippen LogP contribution in [0.5, 0.6) is 0 Å². The zero-order chi connectivity index (χ0) is 23.0. The molecule has 0 amide bonds. The van der Waals surface area contributed by atoms with Crippen molar-refractivity contribution in [3.05, 3.63) is 54.6 Å². The van der Waals surface area contributed by atoms with E-state index in [0.29, 0.717) is 17.9 Å². The van der Waals surface area contributed by atoms with E-state index in [0.717, 1.165) is 57.7 Å². The maximum atomic E-state index is 11.5. The average molecular weight is 485 g/mol. The van der Waals surface area contributed by atoms with E-state index in [2.05, 4.69) is 11.4 Å². The van der Waals surface area contributed by atoms with E-state index in [1.807, 2.05) is 36.4 Å². The summed E-state index contributed by atoms with van der Waals surface area (Å²) in [6.45, 7) is 0. The summed E-state index contributed by atoms with van der Waals surface area (Å²) in [7, 11) is -2.64. The maximum Gasteiger partial charge on any atom is 0.391 e. The van der Waals surface area contributed by atoms with Crippen molar-refractivity contribution in [2.24, 2.45) is 0 Å². The average Bonchev–Trinajstić information content (AvgIpc) is 3.47. The molecule has 2 aromatic heterocycles. The van der Waals surface area contributed by atoms with Gasteiger partial charge >= 0.3 is 7.60 Å². The van der Waals surface area contributed by atoms with Gasteiger partial charge in [-0.1, -0.05) is 41.7 Å². The van der Waals surface area contributed by atoms with E-state index in [4.69, 9.17) is 14.1 Å². The highest BCUT2D eigenvalue weighted by molar-refractivity contribution is 7.59. The Morgan fingerprint density at radius 3 is 2.55 bits per heavy atom. The zero-order valence-corrected chi connectivity index (χ0v) is 19.8. The maximum absolute atomic E-state index is 11.5. The molecule has 9 heteroatoms. The van der Waals surface area contributed by atoms with Crippen LogP contribution in [0.3, 0.4) is 0 Å². The van der Waals surface area contributed by atoms with Crippen molar-refractivity contribution in [1.29, 1.82) is 0 Å². The van der Waals surface area contributed by atoms with E-state index in [1.165, 1.54) is 6.07 Å². The van der Waals surface area contributed by atoms with E-state index < -0.39 is 7.60 Å². The Balaban J connectivity index is 1.43. The molecule has 0 unspecified atom stereocenters. The highest BCUT2D eigenvalue weighted by Crippen LogP contribution is 2.39. The van der Waals surface area contributed by atoms with Crippen LogP contribution < -0.4 is 10.8 Å². The van der Waals surface area contributed by atoms with Gasteiger partial charge in [0.25, 0.3) is 0 Å². The molecule has 33 heavy (non-hydrogen) atoms. The van der Waals surface area contributed by atoms with E-state index in [-0.39, 0.29) is 5.50 Å². The molecule has 0 aliphatic heterocycles. The molecular formula is C24H25N2O5PS. The van der Waals surface area contributed by atoms with Gasteiger partial charge in [-0.15, -0.1) is 0 Å². The Labute approximate surface area is 195 Å².